The molecule has 2 aromatic rings. The second-order valence-electron chi connectivity index (χ2n) is 8.56. The van der Waals surface area contributed by atoms with E-state index in [9.17, 15) is 9.59 Å². The third kappa shape index (κ3) is 4.59. The second kappa shape index (κ2) is 9.04. The van der Waals surface area contributed by atoms with Gasteiger partial charge in [-0.3, -0.25) is 9.59 Å². The van der Waals surface area contributed by atoms with Crippen LogP contribution in [0.5, 0.6) is 5.75 Å². The van der Waals surface area contributed by atoms with Gasteiger partial charge in [-0.25, -0.2) is 0 Å². The van der Waals surface area contributed by atoms with Crippen molar-refractivity contribution in [3.05, 3.63) is 63.6 Å². The molecule has 1 saturated carbocycles. The summed E-state index contributed by atoms with van der Waals surface area (Å²) in [6.45, 7) is 4.97. The molecule has 0 spiro atoms. The van der Waals surface area contributed by atoms with E-state index >= 15 is 0 Å². The molecule has 1 N–H and O–H groups in total. The molecule has 1 saturated heterocycles. The Morgan fingerprint density at radius 1 is 1.27 bits per heavy atom. The summed E-state index contributed by atoms with van der Waals surface area (Å²) in [4.78, 5) is 28.7. The maximum atomic E-state index is 13.5. The molecule has 30 heavy (non-hydrogen) atoms. The van der Waals surface area contributed by atoms with Crippen molar-refractivity contribution >= 4 is 5.91 Å². The monoisotopic (exact) mass is 409 g/mol. The van der Waals surface area contributed by atoms with E-state index in [1.807, 2.05) is 48.4 Å². The normalized spacial score (nSPS) is 18.8. The summed E-state index contributed by atoms with van der Waals surface area (Å²) in [5, 5.41) is 3.40. The number of benzene rings is 1. The lowest BCUT2D eigenvalue weighted by atomic mass is 9.99. The number of hydrogen-bond donors (Lipinski definition) is 1. The molecule has 0 bridgehead atoms. The lowest BCUT2D eigenvalue weighted by Gasteiger charge is -2.25. The Hall–Kier alpha value is -2.60. The molecule has 2 heterocycles. The molecule has 1 amide bonds. The number of ether oxygens (including phenoxy) is 1. The van der Waals surface area contributed by atoms with Gasteiger partial charge in [0.25, 0.3) is 11.5 Å². The van der Waals surface area contributed by atoms with Crippen LogP contribution in [0.1, 0.15) is 47.2 Å². The minimum absolute atomic E-state index is 0.154. The van der Waals surface area contributed by atoms with Crippen molar-refractivity contribution in [2.24, 2.45) is 5.92 Å². The molecule has 4 rings (SSSR count). The van der Waals surface area contributed by atoms with E-state index in [-0.39, 0.29) is 17.5 Å². The van der Waals surface area contributed by atoms with Gasteiger partial charge in [0, 0.05) is 25.3 Å². The van der Waals surface area contributed by atoms with Crippen LogP contribution in [0.2, 0.25) is 0 Å². The molecule has 1 aromatic heterocycles. The number of methoxy groups -OCH3 is 1. The van der Waals surface area contributed by atoms with Crippen molar-refractivity contribution in [1.82, 2.24) is 14.8 Å². The fourth-order valence-electron chi connectivity index (χ4n) is 4.29. The molecular formula is C24H31N3O3. The highest BCUT2D eigenvalue weighted by Gasteiger charge is 2.35. The molecule has 1 aliphatic carbocycles. The van der Waals surface area contributed by atoms with Gasteiger partial charge in [-0.1, -0.05) is 12.1 Å². The number of hydrogen-bond acceptors (Lipinski definition) is 4. The molecule has 1 atom stereocenters. The van der Waals surface area contributed by atoms with E-state index in [1.54, 1.807) is 11.7 Å². The average molecular weight is 410 g/mol. The van der Waals surface area contributed by atoms with Crippen LogP contribution < -0.4 is 15.6 Å². The van der Waals surface area contributed by atoms with Gasteiger partial charge >= 0.3 is 0 Å². The fraction of sp³-hybridized carbons (Fsp3) is 0.500. The summed E-state index contributed by atoms with van der Waals surface area (Å²) in [5.74, 6) is 1.05. The summed E-state index contributed by atoms with van der Waals surface area (Å²) < 4.78 is 7.05. The van der Waals surface area contributed by atoms with Crippen molar-refractivity contribution in [2.45, 2.75) is 51.7 Å². The van der Waals surface area contributed by atoms with Gasteiger partial charge in [0.05, 0.1) is 7.11 Å². The summed E-state index contributed by atoms with van der Waals surface area (Å²) in [6.07, 6.45) is 6.06. The summed E-state index contributed by atoms with van der Waals surface area (Å²) in [5.41, 5.74) is 1.91. The van der Waals surface area contributed by atoms with E-state index in [0.717, 1.165) is 55.6 Å². The van der Waals surface area contributed by atoms with Gasteiger partial charge in [0.1, 0.15) is 11.3 Å². The van der Waals surface area contributed by atoms with E-state index in [1.165, 1.54) is 0 Å². The van der Waals surface area contributed by atoms with Gasteiger partial charge < -0.3 is 19.5 Å². The molecule has 0 radical (unpaired) electrons. The van der Waals surface area contributed by atoms with Gasteiger partial charge in [-0.05, 0) is 80.9 Å². The first-order chi connectivity index (χ1) is 14.6. The predicted molar refractivity (Wildman–Crippen MR) is 117 cm³/mol. The van der Waals surface area contributed by atoms with Gasteiger partial charge in [-0.15, -0.1) is 0 Å². The number of piperidine rings is 1. The van der Waals surface area contributed by atoms with E-state index in [4.69, 9.17) is 4.74 Å². The number of nitrogens with zero attached hydrogens (tertiary/aromatic N) is 2. The first kappa shape index (κ1) is 20.7. The molecule has 1 unspecified atom stereocenters. The summed E-state index contributed by atoms with van der Waals surface area (Å²) in [6, 6.07) is 9.89. The predicted octanol–water partition coefficient (Wildman–Crippen LogP) is 2.97. The molecule has 6 heteroatoms. The highest BCUT2D eigenvalue weighted by molar-refractivity contribution is 5.95. The van der Waals surface area contributed by atoms with Gasteiger partial charge in [0.2, 0.25) is 0 Å². The number of nitrogens with one attached hydrogen (secondary N) is 1. The standard InChI is InChI=1S/C24H31N3O3/c1-17-10-12-26(15-19-6-4-11-25-14-19)23(28)22(17)24(29)27(20-8-9-20)16-18-5-3-7-21(13-18)30-2/h3,5,7,10,12-13,19-20,25H,4,6,8-9,11,14-16H2,1-2H3. The van der Waals surface area contributed by atoms with Crippen LogP contribution in [0, 0.1) is 12.8 Å². The lowest BCUT2D eigenvalue weighted by Crippen LogP contribution is -2.40. The third-order valence-corrected chi connectivity index (χ3v) is 6.18. The fourth-order valence-corrected chi connectivity index (χ4v) is 4.29. The maximum absolute atomic E-state index is 13.5. The number of carbonyl (C=O) groups excluding carboxylic acids is 1. The Kier molecular flexibility index (Phi) is 6.23. The molecular weight excluding hydrogens is 378 g/mol. The van der Waals surface area contributed by atoms with Crippen LogP contribution in [-0.4, -0.2) is 41.6 Å². The van der Waals surface area contributed by atoms with E-state index < -0.39 is 0 Å². The smallest absolute Gasteiger partial charge is 0.263 e. The Labute approximate surface area is 177 Å². The number of amides is 1. The average Bonchev–Trinajstić information content (AvgIpc) is 3.60. The number of aromatic nitrogens is 1. The Morgan fingerprint density at radius 2 is 2.10 bits per heavy atom. The minimum atomic E-state index is -0.165. The SMILES string of the molecule is COc1cccc(CN(C(=O)c2c(C)ccn(CC3CCCNC3)c2=O)C2CC2)c1. The Morgan fingerprint density at radius 3 is 2.80 bits per heavy atom. The highest BCUT2D eigenvalue weighted by atomic mass is 16.5. The largest absolute Gasteiger partial charge is 0.497 e. The molecule has 2 fully saturated rings. The van der Waals surface area contributed by atoms with E-state index in [0.29, 0.717) is 24.6 Å². The van der Waals surface area contributed by atoms with Crippen molar-refractivity contribution in [2.75, 3.05) is 20.2 Å². The quantitative estimate of drug-likeness (QED) is 0.764. The number of pyridine rings is 1. The Bertz CT molecular complexity index is 958. The summed E-state index contributed by atoms with van der Waals surface area (Å²) >= 11 is 0. The second-order valence-corrected chi connectivity index (χ2v) is 8.56. The van der Waals surface area contributed by atoms with Gasteiger partial charge in [0.15, 0.2) is 0 Å². The van der Waals surface area contributed by atoms with Crippen LogP contribution in [0.25, 0.3) is 0 Å². The first-order valence-corrected chi connectivity index (χ1v) is 10.9. The van der Waals surface area contributed by atoms with Crippen LogP contribution in [0.4, 0.5) is 0 Å². The van der Waals surface area contributed by atoms with Crippen molar-refractivity contribution < 1.29 is 9.53 Å². The number of carbonyl (C=O) groups is 1. The zero-order valence-corrected chi connectivity index (χ0v) is 17.9. The minimum Gasteiger partial charge on any atom is -0.497 e. The van der Waals surface area contributed by atoms with Crippen molar-refractivity contribution in [3.63, 3.8) is 0 Å². The third-order valence-electron chi connectivity index (χ3n) is 6.18. The van der Waals surface area contributed by atoms with Crippen LogP contribution in [-0.2, 0) is 13.1 Å². The molecule has 160 valence electrons. The zero-order valence-electron chi connectivity index (χ0n) is 17.9. The molecule has 6 nitrogen and oxygen atoms in total. The molecule has 1 aliphatic heterocycles. The number of rotatable bonds is 7. The Balaban J connectivity index is 1.59. The summed E-state index contributed by atoms with van der Waals surface area (Å²) in [7, 11) is 1.64. The lowest BCUT2D eigenvalue weighted by molar-refractivity contribution is 0.0726. The van der Waals surface area contributed by atoms with Gasteiger partial charge in [-0.2, -0.15) is 0 Å². The maximum Gasteiger partial charge on any atom is 0.263 e. The van der Waals surface area contributed by atoms with Crippen LogP contribution in [0.15, 0.2) is 41.3 Å². The van der Waals surface area contributed by atoms with Crippen LogP contribution >= 0.6 is 0 Å². The van der Waals surface area contributed by atoms with E-state index in [2.05, 4.69) is 5.32 Å². The topological polar surface area (TPSA) is 63.6 Å². The van der Waals surface area contributed by atoms with Crippen molar-refractivity contribution in [3.8, 4) is 5.75 Å². The molecule has 1 aromatic carbocycles. The number of aryl methyl sites for hydroxylation is 1. The highest BCUT2D eigenvalue weighted by Crippen LogP contribution is 2.30. The zero-order chi connectivity index (χ0) is 21.1. The van der Waals surface area contributed by atoms with Crippen molar-refractivity contribution in [1.29, 1.82) is 0 Å². The first-order valence-electron chi connectivity index (χ1n) is 10.9. The molecule has 2 aliphatic rings. The van der Waals surface area contributed by atoms with Crippen LogP contribution in [0.3, 0.4) is 0 Å².